The van der Waals surface area contributed by atoms with Crippen molar-refractivity contribution < 1.29 is 28.2 Å². The summed E-state index contributed by atoms with van der Waals surface area (Å²) < 4.78 is 23.6. The van der Waals surface area contributed by atoms with Crippen LogP contribution < -0.4 is 5.32 Å². The number of halogens is 1. The molecule has 0 fully saturated rings. The topological polar surface area (TPSA) is 84.9 Å². The third kappa shape index (κ3) is 6.41. The SMILES string of the molecule is CCOC(=O)[C@H](CCc1ccc(F)cc1)N[C@@H](C)C(=O)N1Cc2ccc(C)cc2C[C@H]1OC=O. The van der Waals surface area contributed by atoms with Gasteiger partial charge in [0, 0.05) is 13.0 Å². The van der Waals surface area contributed by atoms with Crippen LogP contribution in [0.3, 0.4) is 0 Å². The number of ether oxygens (including phenoxy) is 2. The average molecular weight is 471 g/mol. The highest BCUT2D eigenvalue weighted by atomic mass is 19.1. The van der Waals surface area contributed by atoms with E-state index in [1.54, 1.807) is 26.0 Å². The van der Waals surface area contributed by atoms with Crippen molar-refractivity contribution in [2.75, 3.05) is 6.61 Å². The van der Waals surface area contributed by atoms with Crippen molar-refractivity contribution >= 4 is 18.3 Å². The molecule has 0 unspecified atom stereocenters. The summed E-state index contributed by atoms with van der Waals surface area (Å²) in [4.78, 5) is 38.6. The Morgan fingerprint density at radius 3 is 2.62 bits per heavy atom. The minimum Gasteiger partial charge on any atom is -0.465 e. The van der Waals surface area contributed by atoms with Crippen LogP contribution in [0.1, 0.15) is 42.5 Å². The lowest BCUT2D eigenvalue weighted by Crippen LogP contribution is -2.55. The maximum absolute atomic E-state index is 13.4. The molecule has 3 rings (SSSR count). The normalized spacial score (nSPS) is 16.8. The summed E-state index contributed by atoms with van der Waals surface area (Å²) >= 11 is 0. The fourth-order valence-corrected chi connectivity index (χ4v) is 4.18. The van der Waals surface area contributed by atoms with E-state index in [0.717, 1.165) is 22.3 Å². The second-order valence-corrected chi connectivity index (χ2v) is 8.49. The van der Waals surface area contributed by atoms with Crippen molar-refractivity contribution in [2.45, 2.75) is 64.9 Å². The molecule has 0 saturated heterocycles. The van der Waals surface area contributed by atoms with Crippen LogP contribution in [0.15, 0.2) is 42.5 Å². The number of hydrogen-bond acceptors (Lipinski definition) is 6. The second kappa shape index (κ2) is 11.7. The van der Waals surface area contributed by atoms with Crippen molar-refractivity contribution in [2.24, 2.45) is 0 Å². The van der Waals surface area contributed by atoms with E-state index >= 15 is 0 Å². The minimum absolute atomic E-state index is 0.216. The molecule has 1 aliphatic rings. The van der Waals surface area contributed by atoms with Crippen LogP contribution in [0.25, 0.3) is 0 Å². The van der Waals surface area contributed by atoms with Crippen LogP contribution in [0.4, 0.5) is 4.39 Å². The first-order chi connectivity index (χ1) is 16.3. The molecule has 34 heavy (non-hydrogen) atoms. The third-order valence-electron chi connectivity index (χ3n) is 5.97. The number of esters is 1. The van der Waals surface area contributed by atoms with Gasteiger partial charge in [-0.05, 0) is 62.4 Å². The summed E-state index contributed by atoms with van der Waals surface area (Å²) in [6, 6.07) is 10.6. The van der Waals surface area contributed by atoms with Crippen molar-refractivity contribution in [3.63, 3.8) is 0 Å². The van der Waals surface area contributed by atoms with E-state index in [9.17, 15) is 18.8 Å². The van der Waals surface area contributed by atoms with E-state index in [1.165, 1.54) is 17.0 Å². The van der Waals surface area contributed by atoms with Gasteiger partial charge < -0.3 is 14.4 Å². The third-order valence-corrected chi connectivity index (χ3v) is 5.97. The van der Waals surface area contributed by atoms with Gasteiger partial charge in [0.2, 0.25) is 5.91 Å². The van der Waals surface area contributed by atoms with Crippen molar-refractivity contribution in [3.8, 4) is 0 Å². The Morgan fingerprint density at radius 1 is 1.21 bits per heavy atom. The maximum atomic E-state index is 13.4. The summed E-state index contributed by atoms with van der Waals surface area (Å²) in [5.41, 5.74) is 4.01. The molecule has 0 spiro atoms. The van der Waals surface area contributed by atoms with Gasteiger partial charge in [-0.15, -0.1) is 0 Å². The number of aryl methyl sites for hydroxylation is 2. The number of nitrogens with zero attached hydrogens (tertiary/aromatic N) is 1. The standard InChI is InChI=1S/C26H31FN2O5/c1-4-33-26(32)23(12-8-19-6-10-22(27)11-7-19)28-18(3)25(31)29-15-20-9-5-17(2)13-21(20)14-24(29)34-16-30/h5-7,9-11,13,16,18,23-24,28H,4,8,12,14-15H2,1-3H3/t18-,23-,24+/m0/s1. The van der Waals surface area contributed by atoms with Crippen LogP contribution in [0, 0.1) is 12.7 Å². The second-order valence-electron chi connectivity index (χ2n) is 8.49. The molecule has 1 N–H and O–H groups in total. The van der Waals surface area contributed by atoms with Crippen molar-refractivity contribution in [1.82, 2.24) is 10.2 Å². The van der Waals surface area contributed by atoms with Crippen LogP contribution in [0.5, 0.6) is 0 Å². The first kappa shape index (κ1) is 25.4. The van der Waals surface area contributed by atoms with Crippen molar-refractivity contribution in [3.05, 3.63) is 70.5 Å². The number of hydrogen-bond donors (Lipinski definition) is 1. The van der Waals surface area contributed by atoms with Gasteiger partial charge in [0.05, 0.1) is 12.6 Å². The number of nitrogens with one attached hydrogen (secondary N) is 1. The van der Waals surface area contributed by atoms with Gasteiger partial charge in [-0.1, -0.05) is 35.9 Å². The molecule has 7 nitrogen and oxygen atoms in total. The Labute approximate surface area is 199 Å². The lowest BCUT2D eigenvalue weighted by atomic mass is 9.96. The fourth-order valence-electron chi connectivity index (χ4n) is 4.18. The van der Waals surface area contributed by atoms with Gasteiger partial charge in [0.25, 0.3) is 6.47 Å². The lowest BCUT2D eigenvalue weighted by Gasteiger charge is -2.37. The predicted octanol–water partition coefficient (Wildman–Crippen LogP) is 3.06. The number of amides is 1. The number of carbonyl (C=O) groups excluding carboxylic acids is 3. The molecule has 0 saturated carbocycles. The summed E-state index contributed by atoms with van der Waals surface area (Å²) in [6.45, 7) is 6.26. The van der Waals surface area contributed by atoms with Crippen molar-refractivity contribution in [1.29, 1.82) is 0 Å². The summed E-state index contributed by atoms with van der Waals surface area (Å²) in [5.74, 6) is -1.06. The van der Waals surface area contributed by atoms with Gasteiger partial charge >= 0.3 is 5.97 Å². The number of rotatable bonds is 10. The number of benzene rings is 2. The Morgan fingerprint density at radius 2 is 1.94 bits per heavy atom. The van der Waals surface area contributed by atoms with Gasteiger partial charge in [-0.25, -0.2) is 4.39 Å². The molecule has 2 aromatic carbocycles. The molecule has 0 radical (unpaired) electrons. The molecule has 1 heterocycles. The molecule has 0 bridgehead atoms. The Balaban J connectivity index is 1.72. The van der Waals surface area contributed by atoms with Crippen LogP contribution in [-0.2, 0) is 43.2 Å². The van der Waals surface area contributed by atoms with E-state index in [2.05, 4.69) is 5.32 Å². The average Bonchev–Trinajstić information content (AvgIpc) is 2.82. The number of fused-ring (bicyclic) bond motifs is 1. The maximum Gasteiger partial charge on any atom is 0.323 e. The van der Waals surface area contributed by atoms with E-state index in [1.807, 2.05) is 25.1 Å². The minimum atomic E-state index is -0.729. The first-order valence-electron chi connectivity index (χ1n) is 11.5. The highest BCUT2D eigenvalue weighted by molar-refractivity contribution is 5.83. The van der Waals surface area contributed by atoms with Gasteiger partial charge in [-0.2, -0.15) is 0 Å². The summed E-state index contributed by atoms with van der Waals surface area (Å²) in [6.07, 6.45) is 0.563. The molecule has 2 aromatic rings. The fraction of sp³-hybridized carbons (Fsp3) is 0.423. The van der Waals surface area contributed by atoms with Gasteiger partial charge in [-0.3, -0.25) is 19.7 Å². The Bertz CT molecular complexity index is 1010. The molecule has 182 valence electrons. The van der Waals surface area contributed by atoms with Gasteiger partial charge in [0.1, 0.15) is 11.9 Å². The molecule has 1 amide bonds. The Hall–Kier alpha value is -3.26. The quantitative estimate of drug-likeness (QED) is 0.424. The van der Waals surface area contributed by atoms with Crippen LogP contribution in [0.2, 0.25) is 0 Å². The zero-order valence-electron chi connectivity index (χ0n) is 19.8. The van der Waals surface area contributed by atoms with Gasteiger partial charge in [0.15, 0.2) is 6.23 Å². The predicted molar refractivity (Wildman–Crippen MR) is 124 cm³/mol. The largest absolute Gasteiger partial charge is 0.465 e. The smallest absolute Gasteiger partial charge is 0.323 e. The molecule has 0 aromatic heterocycles. The molecular formula is C26H31FN2O5. The van der Waals surface area contributed by atoms with E-state index in [-0.39, 0.29) is 18.3 Å². The molecule has 3 atom stereocenters. The monoisotopic (exact) mass is 470 g/mol. The highest BCUT2D eigenvalue weighted by Gasteiger charge is 2.35. The van der Waals surface area contributed by atoms with Crippen LogP contribution >= 0.6 is 0 Å². The molecule has 8 heteroatoms. The molecule has 1 aliphatic heterocycles. The first-order valence-corrected chi connectivity index (χ1v) is 11.5. The Kier molecular flexibility index (Phi) is 8.76. The zero-order chi connectivity index (χ0) is 24.7. The number of carbonyl (C=O) groups is 3. The molecule has 0 aliphatic carbocycles. The molecular weight excluding hydrogens is 439 g/mol. The van der Waals surface area contributed by atoms with E-state index in [0.29, 0.717) is 32.3 Å². The highest BCUT2D eigenvalue weighted by Crippen LogP contribution is 2.25. The zero-order valence-corrected chi connectivity index (χ0v) is 19.8. The van der Waals surface area contributed by atoms with Crippen LogP contribution in [-0.4, -0.2) is 48.2 Å². The lowest BCUT2D eigenvalue weighted by molar-refractivity contribution is -0.158. The van der Waals surface area contributed by atoms with E-state index < -0.39 is 24.3 Å². The summed E-state index contributed by atoms with van der Waals surface area (Å²) in [5, 5.41) is 3.09. The summed E-state index contributed by atoms with van der Waals surface area (Å²) in [7, 11) is 0. The van der Waals surface area contributed by atoms with E-state index in [4.69, 9.17) is 9.47 Å².